The quantitative estimate of drug-likeness (QED) is 0.857. The van der Waals surface area contributed by atoms with Crippen molar-refractivity contribution in [3.8, 4) is 5.75 Å². The zero-order valence-corrected chi connectivity index (χ0v) is 14.7. The zero-order chi connectivity index (χ0) is 19.3. The number of ether oxygens (including phenoxy) is 1. The molecule has 0 unspecified atom stereocenters. The Kier molecular flexibility index (Phi) is 6.07. The van der Waals surface area contributed by atoms with E-state index in [2.05, 4.69) is 10.3 Å². The molecule has 8 heteroatoms. The van der Waals surface area contributed by atoms with Crippen molar-refractivity contribution in [1.29, 1.82) is 0 Å². The van der Waals surface area contributed by atoms with Crippen molar-refractivity contribution in [2.75, 3.05) is 19.0 Å². The van der Waals surface area contributed by atoms with Crippen LogP contribution in [0, 0.1) is 13.8 Å². The molecule has 1 N–H and O–H groups in total. The second-order valence-electron chi connectivity index (χ2n) is 5.96. The van der Waals surface area contributed by atoms with E-state index in [4.69, 9.17) is 4.74 Å². The lowest BCUT2D eigenvalue weighted by molar-refractivity contribution is -0.153. The van der Waals surface area contributed by atoms with Crippen molar-refractivity contribution in [2.45, 2.75) is 26.6 Å². The van der Waals surface area contributed by atoms with Crippen LogP contribution in [0.25, 0.3) is 0 Å². The summed E-state index contributed by atoms with van der Waals surface area (Å²) in [5.41, 5.74) is 1.96. The summed E-state index contributed by atoms with van der Waals surface area (Å²) in [6.45, 7) is 2.31. The highest BCUT2D eigenvalue weighted by Crippen LogP contribution is 2.27. The van der Waals surface area contributed by atoms with E-state index >= 15 is 0 Å². The Balaban J connectivity index is 2.03. The van der Waals surface area contributed by atoms with Crippen LogP contribution in [0.3, 0.4) is 0 Å². The first kappa shape index (κ1) is 19.6. The van der Waals surface area contributed by atoms with E-state index in [1.54, 1.807) is 57.4 Å². The maximum absolute atomic E-state index is 12.3. The number of alkyl halides is 3. The van der Waals surface area contributed by atoms with Crippen molar-refractivity contribution in [1.82, 2.24) is 9.88 Å². The number of hydrogen-bond acceptors (Lipinski definition) is 3. The van der Waals surface area contributed by atoms with Crippen molar-refractivity contribution in [3.63, 3.8) is 0 Å². The molecule has 0 aliphatic heterocycles. The van der Waals surface area contributed by atoms with E-state index in [1.165, 1.54) is 4.90 Å². The Hall–Kier alpha value is -2.77. The zero-order valence-electron chi connectivity index (χ0n) is 14.7. The SMILES string of the molecule is Cc1cc(CN(C)C(=O)Nc2ccccn2)cc(C)c1OCC(F)(F)F. The minimum Gasteiger partial charge on any atom is -0.484 e. The van der Waals surface area contributed by atoms with Crippen LogP contribution >= 0.6 is 0 Å². The summed E-state index contributed by atoms with van der Waals surface area (Å²) in [5, 5.41) is 2.67. The number of nitrogens with one attached hydrogen (secondary N) is 1. The molecule has 0 spiro atoms. The van der Waals surface area contributed by atoms with E-state index in [-0.39, 0.29) is 11.8 Å². The largest absolute Gasteiger partial charge is 0.484 e. The number of nitrogens with zero attached hydrogens (tertiary/aromatic N) is 2. The lowest BCUT2D eigenvalue weighted by Gasteiger charge is -2.20. The minimum absolute atomic E-state index is 0.215. The molecule has 0 fully saturated rings. The van der Waals surface area contributed by atoms with E-state index in [9.17, 15) is 18.0 Å². The van der Waals surface area contributed by atoms with Gasteiger partial charge in [0.15, 0.2) is 6.61 Å². The Morgan fingerprint density at radius 3 is 2.42 bits per heavy atom. The van der Waals surface area contributed by atoms with Crippen molar-refractivity contribution in [2.24, 2.45) is 0 Å². The monoisotopic (exact) mass is 367 g/mol. The number of carbonyl (C=O) groups excluding carboxylic acids is 1. The number of hydrogen-bond donors (Lipinski definition) is 1. The van der Waals surface area contributed by atoms with Gasteiger partial charge in [-0.2, -0.15) is 13.2 Å². The van der Waals surface area contributed by atoms with Crippen LogP contribution in [0.15, 0.2) is 36.5 Å². The third-order valence-electron chi connectivity index (χ3n) is 3.57. The molecule has 1 aromatic heterocycles. The fourth-order valence-corrected chi connectivity index (χ4v) is 2.50. The summed E-state index contributed by atoms with van der Waals surface area (Å²) in [6, 6.07) is 8.26. The summed E-state index contributed by atoms with van der Waals surface area (Å²) in [4.78, 5) is 17.7. The van der Waals surface area contributed by atoms with Gasteiger partial charge in [-0.1, -0.05) is 18.2 Å². The first-order chi connectivity index (χ1) is 12.2. The van der Waals surface area contributed by atoms with Crippen molar-refractivity contribution in [3.05, 3.63) is 53.2 Å². The summed E-state index contributed by atoms with van der Waals surface area (Å²) < 4.78 is 41.9. The predicted octanol–water partition coefficient (Wildman–Crippen LogP) is 4.30. The molecule has 0 aliphatic carbocycles. The fourth-order valence-electron chi connectivity index (χ4n) is 2.50. The number of rotatable bonds is 5. The second kappa shape index (κ2) is 8.07. The molecular formula is C18H20F3N3O2. The molecule has 1 aromatic carbocycles. The summed E-state index contributed by atoms with van der Waals surface area (Å²) in [7, 11) is 1.62. The van der Waals surface area contributed by atoms with Crippen LogP contribution in [0.2, 0.25) is 0 Å². The highest BCUT2D eigenvalue weighted by molar-refractivity contribution is 5.88. The molecule has 2 rings (SSSR count). The van der Waals surface area contributed by atoms with Crippen LogP contribution in [0.5, 0.6) is 5.75 Å². The predicted molar refractivity (Wildman–Crippen MR) is 92.2 cm³/mol. The van der Waals surface area contributed by atoms with Crippen LogP contribution in [0.4, 0.5) is 23.8 Å². The van der Waals surface area contributed by atoms with E-state index in [0.717, 1.165) is 5.56 Å². The normalized spacial score (nSPS) is 11.2. The molecule has 5 nitrogen and oxygen atoms in total. The molecule has 0 radical (unpaired) electrons. The number of urea groups is 1. The average molecular weight is 367 g/mol. The lowest BCUT2D eigenvalue weighted by atomic mass is 10.1. The fraction of sp³-hybridized carbons (Fsp3) is 0.333. The first-order valence-corrected chi connectivity index (χ1v) is 7.88. The maximum Gasteiger partial charge on any atom is 0.422 e. The van der Waals surface area contributed by atoms with E-state index in [1.807, 2.05) is 0 Å². The van der Waals surface area contributed by atoms with Gasteiger partial charge in [-0.25, -0.2) is 9.78 Å². The number of pyridine rings is 1. The van der Waals surface area contributed by atoms with Gasteiger partial charge in [0.2, 0.25) is 0 Å². The third-order valence-corrected chi connectivity index (χ3v) is 3.57. The van der Waals surface area contributed by atoms with Gasteiger partial charge >= 0.3 is 12.2 Å². The van der Waals surface area contributed by atoms with Crippen molar-refractivity contribution >= 4 is 11.8 Å². The third kappa shape index (κ3) is 5.65. The molecule has 1 heterocycles. The lowest BCUT2D eigenvalue weighted by Crippen LogP contribution is -2.31. The molecule has 0 bridgehead atoms. The topological polar surface area (TPSA) is 54.5 Å². The van der Waals surface area contributed by atoms with Crippen molar-refractivity contribution < 1.29 is 22.7 Å². The van der Waals surface area contributed by atoms with Gasteiger partial charge in [0.1, 0.15) is 11.6 Å². The molecule has 0 atom stereocenters. The van der Waals surface area contributed by atoms with Crippen LogP contribution < -0.4 is 10.1 Å². The first-order valence-electron chi connectivity index (χ1n) is 7.88. The number of benzene rings is 1. The van der Waals surface area contributed by atoms with Crippen LogP contribution in [-0.4, -0.2) is 35.7 Å². The molecular weight excluding hydrogens is 347 g/mol. The molecule has 2 amide bonds. The average Bonchev–Trinajstić information content (AvgIpc) is 2.53. The Morgan fingerprint density at radius 1 is 1.23 bits per heavy atom. The number of amides is 2. The number of halogens is 3. The number of anilines is 1. The molecule has 0 aliphatic rings. The van der Waals surface area contributed by atoms with E-state index in [0.29, 0.717) is 23.5 Å². The Morgan fingerprint density at radius 2 is 1.88 bits per heavy atom. The molecule has 140 valence electrons. The van der Waals surface area contributed by atoms with Crippen LogP contribution in [0.1, 0.15) is 16.7 Å². The van der Waals surface area contributed by atoms with E-state index < -0.39 is 12.8 Å². The maximum atomic E-state index is 12.3. The number of aryl methyl sites for hydroxylation is 2. The summed E-state index contributed by atoms with van der Waals surface area (Å²) in [5.74, 6) is 0.652. The molecule has 26 heavy (non-hydrogen) atoms. The van der Waals surface area contributed by atoms with Gasteiger partial charge < -0.3 is 9.64 Å². The van der Waals surface area contributed by atoms with Gasteiger partial charge in [-0.15, -0.1) is 0 Å². The van der Waals surface area contributed by atoms with Gasteiger partial charge in [-0.3, -0.25) is 5.32 Å². The van der Waals surface area contributed by atoms with Crippen LogP contribution in [-0.2, 0) is 6.54 Å². The molecule has 2 aromatic rings. The Bertz CT molecular complexity index is 741. The highest BCUT2D eigenvalue weighted by Gasteiger charge is 2.29. The minimum atomic E-state index is -4.39. The molecule has 0 saturated carbocycles. The van der Waals surface area contributed by atoms with Gasteiger partial charge in [0.25, 0.3) is 0 Å². The number of aromatic nitrogens is 1. The summed E-state index contributed by atoms with van der Waals surface area (Å²) in [6.07, 6.45) is -2.82. The van der Waals surface area contributed by atoms with Gasteiger partial charge in [0, 0.05) is 19.8 Å². The van der Waals surface area contributed by atoms with Gasteiger partial charge in [0.05, 0.1) is 0 Å². The standard InChI is InChI=1S/C18H20F3N3O2/c1-12-8-14(9-13(2)16(12)26-11-18(19,20)21)10-24(3)17(25)23-15-6-4-5-7-22-15/h4-9H,10-11H2,1-3H3,(H,22,23,25). The Labute approximate surface area is 149 Å². The second-order valence-corrected chi connectivity index (χ2v) is 5.96. The highest BCUT2D eigenvalue weighted by atomic mass is 19.4. The number of carbonyl (C=O) groups is 1. The summed E-state index contributed by atoms with van der Waals surface area (Å²) >= 11 is 0. The molecule has 0 saturated heterocycles. The smallest absolute Gasteiger partial charge is 0.422 e. The van der Waals surface area contributed by atoms with Gasteiger partial charge in [-0.05, 0) is 42.7 Å².